The quantitative estimate of drug-likeness (QED) is 0.686. The topological polar surface area (TPSA) is 28.7 Å². The van der Waals surface area contributed by atoms with Gasteiger partial charge in [-0.1, -0.05) is 13.8 Å². The van der Waals surface area contributed by atoms with Crippen molar-refractivity contribution in [3.8, 4) is 21.8 Å². The maximum Gasteiger partial charge on any atom is 0.0870 e. The van der Waals surface area contributed by atoms with Crippen molar-refractivity contribution in [3.63, 3.8) is 0 Å². The lowest BCUT2D eigenvalue weighted by Crippen LogP contribution is -1.84. The number of pyridine rings is 1. The van der Waals surface area contributed by atoms with Crippen molar-refractivity contribution in [1.29, 1.82) is 0 Å². The third-order valence-electron chi connectivity index (χ3n) is 2.76. The summed E-state index contributed by atoms with van der Waals surface area (Å²) >= 11 is 1.77. The zero-order valence-electron chi connectivity index (χ0n) is 11.5. The molecule has 0 aromatic carbocycles. The van der Waals surface area contributed by atoms with E-state index in [4.69, 9.17) is 0 Å². The Bertz CT molecular complexity index is 624. The molecule has 0 aliphatic carbocycles. The summed E-state index contributed by atoms with van der Waals surface area (Å²) < 4.78 is 0. The van der Waals surface area contributed by atoms with E-state index < -0.39 is 0 Å². The fourth-order valence-electron chi connectivity index (χ4n) is 1.88. The first kappa shape index (κ1) is 13.6. The number of thiophene rings is 1. The Balaban J connectivity index is 0.000000637. The maximum atomic E-state index is 4.39. The van der Waals surface area contributed by atoms with Gasteiger partial charge in [0, 0.05) is 17.3 Å². The van der Waals surface area contributed by atoms with Crippen molar-refractivity contribution in [2.45, 2.75) is 20.8 Å². The van der Waals surface area contributed by atoms with Crippen molar-refractivity contribution in [2.24, 2.45) is 0 Å². The molecule has 0 bridgehead atoms. The van der Waals surface area contributed by atoms with E-state index in [-0.39, 0.29) is 0 Å². The normalized spacial score (nSPS) is 9.84. The molecule has 0 spiro atoms. The minimum atomic E-state index is 0.986. The molecule has 3 rings (SSSR count). The van der Waals surface area contributed by atoms with Crippen molar-refractivity contribution < 1.29 is 0 Å². The summed E-state index contributed by atoms with van der Waals surface area (Å²) in [5.41, 5.74) is 4.59. The molecule has 0 atom stereocenters. The SMILES string of the molecule is CC.Cc1ccsc1-c1ccnc(-c2ccc[nH]2)c1. The third kappa shape index (κ3) is 2.93. The van der Waals surface area contributed by atoms with Gasteiger partial charge in [0.25, 0.3) is 0 Å². The van der Waals surface area contributed by atoms with Crippen LogP contribution in [0.3, 0.4) is 0 Å². The molecule has 1 N–H and O–H groups in total. The number of aromatic nitrogens is 2. The average Bonchev–Trinajstić information content (AvgIpc) is 3.12. The molecule has 3 heteroatoms. The number of hydrogen-bond acceptors (Lipinski definition) is 2. The number of rotatable bonds is 2. The highest BCUT2D eigenvalue weighted by molar-refractivity contribution is 7.13. The van der Waals surface area contributed by atoms with Crippen molar-refractivity contribution in [3.05, 3.63) is 53.7 Å². The van der Waals surface area contributed by atoms with Gasteiger partial charge in [0.2, 0.25) is 0 Å². The minimum absolute atomic E-state index is 0.986. The standard InChI is InChI=1S/C14H12N2S.C2H6/c1-10-5-8-17-14(10)11-4-7-16-13(9-11)12-3-2-6-15-12;1-2/h2-9,15H,1H3;1-2H3. The summed E-state index contributed by atoms with van der Waals surface area (Å²) in [7, 11) is 0. The van der Waals surface area contributed by atoms with Gasteiger partial charge >= 0.3 is 0 Å². The van der Waals surface area contributed by atoms with Gasteiger partial charge in [-0.15, -0.1) is 11.3 Å². The molecule has 98 valence electrons. The molecule has 0 amide bonds. The number of hydrogen-bond donors (Lipinski definition) is 1. The molecule has 3 heterocycles. The molecule has 19 heavy (non-hydrogen) atoms. The van der Waals surface area contributed by atoms with E-state index in [2.05, 4.69) is 40.5 Å². The molecule has 0 fully saturated rings. The second-order valence-electron chi connectivity index (χ2n) is 3.95. The number of aromatic amines is 1. The Morgan fingerprint density at radius 1 is 1.16 bits per heavy atom. The molecule has 0 unspecified atom stereocenters. The largest absolute Gasteiger partial charge is 0.360 e. The molecular weight excluding hydrogens is 252 g/mol. The van der Waals surface area contributed by atoms with Crippen LogP contribution in [-0.2, 0) is 0 Å². The van der Waals surface area contributed by atoms with E-state index in [1.165, 1.54) is 16.0 Å². The smallest absolute Gasteiger partial charge is 0.0870 e. The Morgan fingerprint density at radius 3 is 2.63 bits per heavy atom. The number of nitrogens with zero attached hydrogens (tertiary/aromatic N) is 1. The first-order valence-corrected chi connectivity index (χ1v) is 7.37. The van der Waals surface area contributed by atoms with E-state index in [9.17, 15) is 0 Å². The fraction of sp³-hybridized carbons (Fsp3) is 0.188. The highest BCUT2D eigenvalue weighted by Crippen LogP contribution is 2.30. The lowest BCUT2D eigenvalue weighted by Gasteiger charge is -2.02. The average molecular weight is 270 g/mol. The van der Waals surface area contributed by atoms with Gasteiger partial charge < -0.3 is 4.98 Å². The van der Waals surface area contributed by atoms with E-state index >= 15 is 0 Å². The molecule has 0 aliphatic rings. The highest BCUT2D eigenvalue weighted by atomic mass is 32.1. The van der Waals surface area contributed by atoms with E-state index in [1.54, 1.807) is 11.3 Å². The Morgan fingerprint density at radius 2 is 2.00 bits per heavy atom. The van der Waals surface area contributed by atoms with Crippen LogP contribution < -0.4 is 0 Å². The van der Waals surface area contributed by atoms with Gasteiger partial charge in [-0.05, 0) is 53.8 Å². The summed E-state index contributed by atoms with van der Waals surface area (Å²) in [5, 5.41) is 2.12. The van der Waals surface area contributed by atoms with Gasteiger partial charge in [-0.25, -0.2) is 0 Å². The number of nitrogens with one attached hydrogen (secondary N) is 1. The Hall–Kier alpha value is -1.87. The minimum Gasteiger partial charge on any atom is -0.360 e. The molecule has 0 saturated carbocycles. The zero-order valence-corrected chi connectivity index (χ0v) is 12.3. The van der Waals surface area contributed by atoms with Gasteiger partial charge in [0.1, 0.15) is 0 Å². The van der Waals surface area contributed by atoms with Crippen LogP contribution in [0.5, 0.6) is 0 Å². The Labute approximate surface area is 118 Å². The van der Waals surface area contributed by atoms with Gasteiger partial charge in [-0.2, -0.15) is 0 Å². The van der Waals surface area contributed by atoms with Crippen molar-refractivity contribution in [2.75, 3.05) is 0 Å². The van der Waals surface area contributed by atoms with Crippen LogP contribution in [0.1, 0.15) is 19.4 Å². The van der Waals surface area contributed by atoms with Crippen LogP contribution in [0.15, 0.2) is 48.1 Å². The molecule has 0 saturated heterocycles. The predicted octanol–water partition coefficient (Wildman–Crippen LogP) is 5.14. The summed E-state index contributed by atoms with van der Waals surface area (Å²) in [5.74, 6) is 0. The van der Waals surface area contributed by atoms with Crippen molar-refractivity contribution in [1.82, 2.24) is 9.97 Å². The molecule has 0 aliphatic heterocycles. The number of aryl methyl sites for hydroxylation is 1. The highest BCUT2D eigenvalue weighted by Gasteiger charge is 2.06. The van der Waals surface area contributed by atoms with Gasteiger partial charge in [0.05, 0.1) is 11.4 Å². The van der Waals surface area contributed by atoms with Crippen LogP contribution in [-0.4, -0.2) is 9.97 Å². The number of H-pyrrole nitrogens is 1. The molecule has 3 aromatic rings. The lowest BCUT2D eigenvalue weighted by atomic mass is 10.1. The summed E-state index contributed by atoms with van der Waals surface area (Å²) in [6, 6.07) is 10.4. The van der Waals surface area contributed by atoms with Gasteiger partial charge in [0.15, 0.2) is 0 Å². The van der Waals surface area contributed by atoms with Crippen LogP contribution in [0.25, 0.3) is 21.8 Å². The lowest BCUT2D eigenvalue weighted by molar-refractivity contribution is 1.28. The van der Waals surface area contributed by atoms with E-state index in [1.807, 2.05) is 38.4 Å². The fourth-order valence-corrected chi connectivity index (χ4v) is 2.80. The molecular formula is C16H18N2S. The first-order valence-electron chi connectivity index (χ1n) is 6.49. The van der Waals surface area contributed by atoms with Crippen LogP contribution >= 0.6 is 11.3 Å². The van der Waals surface area contributed by atoms with E-state index in [0.29, 0.717) is 0 Å². The van der Waals surface area contributed by atoms with Crippen LogP contribution in [0.4, 0.5) is 0 Å². The molecule has 2 nitrogen and oxygen atoms in total. The first-order chi connectivity index (χ1) is 9.34. The summed E-state index contributed by atoms with van der Waals surface area (Å²) in [4.78, 5) is 8.90. The van der Waals surface area contributed by atoms with Gasteiger partial charge in [-0.3, -0.25) is 4.98 Å². The maximum absolute atomic E-state index is 4.39. The summed E-state index contributed by atoms with van der Waals surface area (Å²) in [6.45, 7) is 6.14. The van der Waals surface area contributed by atoms with Crippen LogP contribution in [0, 0.1) is 6.92 Å². The van der Waals surface area contributed by atoms with Crippen LogP contribution in [0.2, 0.25) is 0 Å². The molecule has 3 aromatic heterocycles. The molecule has 0 radical (unpaired) electrons. The zero-order chi connectivity index (χ0) is 13.7. The monoisotopic (exact) mass is 270 g/mol. The second kappa shape index (κ2) is 6.34. The third-order valence-corrected chi connectivity index (χ3v) is 3.82. The predicted molar refractivity (Wildman–Crippen MR) is 83.4 cm³/mol. The van der Waals surface area contributed by atoms with Crippen molar-refractivity contribution >= 4 is 11.3 Å². The second-order valence-corrected chi connectivity index (χ2v) is 4.86. The summed E-state index contributed by atoms with van der Waals surface area (Å²) in [6.07, 6.45) is 3.78. The Kier molecular flexibility index (Phi) is 4.53. The van der Waals surface area contributed by atoms with E-state index in [0.717, 1.165) is 11.4 Å².